The van der Waals surface area contributed by atoms with Crippen LogP contribution in [0.4, 0.5) is 0 Å². The van der Waals surface area contributed by atoms with Gasteiger partial charge in [0.2, 0.25) is 0 Å². The zero-order valence-corrected chi connectivity index (χ0v) is 17.0. The number of piperazine rings is 1. The highest BCUT2D eigenvalue weighted by molar-refractivity contribution is 9.10. The number of nitrogens with one attached hydrogen (secondary N) is 1. The molecule has 2 saturated heterocycles. The van der Waals surface area contributed by atoms with E-state index in [9.17, 15) is 4.79 Å². The Kier molecular flexibility index (Phi) is 7.37. The summed E-state index contributed by atoms with van der Waals surface area (Å²) in [6.07, 6.45) is 1.04. The van der Waals surface area contributed by atoms with Gasteiger partial charge in [0.1, 0.15) is 16.0 Å². The summed E-state index contributed by atoms with van der Waals surface area (Å²) in [5, 5.41) is 3.37. The first kappa shape index (κ1) is 20.3. The fourth-order valence-electron chi connectivity index (χ4n) is 3.45. The molecule has 6 nitrogen and oxygen atoms in total. The number of rotatable bonds is 4. The van der Waals surface area contributed by atoms with E-state index >= 15 is 0 Å². The number of halogens is 2. The average Bonchev–Trinajstić information content (AvgIpc) is 3.12. The van der Waals surface area contributed by atoms with Gasteiger partial charge in [0.15, 0.2) is 0 Å². The van der Waals surface area contributed by atoms with Gasteiger partial charge in [-0.15, -0.1) is 12.4 Å². The van der Waals surface area contributed by atoms with Crippen molar-refractivity contribution < 1.29 is 14.3 Å². The quantitative estimate of drug-likeness (QED) is 0.786. The van der Waals surface area contributed by atoms with Gasteiger partial charge in [0.05, 0.1) is 14.2 Å². The molecule has 2 aliphatic rings. The highest BCUT2D eigenvalue weighted by atomic mass is 79.9. The van der Waals surface area contributed by atoms with Crippen LogP contribution in [0.1, 0.15) is 16.8 Å². The van der Waals surface area contributed by atoms with Crippen LogP contribution in [0.2, 0.25) is 0 Å². The summed E-state index contributed by atoms with van der Waals surface area (Å²) in [6.45, 7) is 5.78. The van der Waals surface area contributed by atoms with E-state index < -0.39 is 0 Å². The van der Waals surface area contributed by atoms with Crippen LogP contribution in [-0.2, 0) is 0 Å². The molecule has 1 amide bonds. The van der Waals surface area contributed by atoms with Gasteiger partial charge in [0, 0.05) is 50.9 Å². The molecule has 2 heterocycles. The van der Waals surface area contributed by atoms with Crippen molar-refractivity contribution in [2.45, 2.75) is 12.5 Å². The van der Waals surface area contributed by atoms with E-state index in [1.54, 1.807) is 26.4 Å². The van der Waals surface area contributed by atoms with Crippen molar-refractivity contribution in [1.29, 1.82) is 0 Å². The molecule has 1 unspecified atom stereocenters. The number of hydrogen-bond donors (Lipinski definition) is 1. The molecule has 2 fully saturated rings. The molecule has 0 bridgehead atoms. The molecule has 0 spiro atoms. The molecule has 140 valence electrons. The van der Waals surface area contributed by atoms with E-state index in [-0.39, 0.29) is 18.3 Å². The predicted octanol–water partition coefficient (Wildman–Crippen LogP) is 2.01. The van der Waals surface area contributed by atoms with Gasteiger partial charge in [-0.2, -0.15) is 0 Å². The molecule has 0 aliphatic carbocycles. The Balaban J connectivity index is 0.00000225. The Hall–Kier alpha value is -1.02. The lowest BCUT2D eigenvalue weighted by Crippen LogP contribution is -2.49. The maximum atomic E-state index is 12.9. The van der Waals surface area contributed by atoms with Crippen LogP contribution in [0.25, 0.3) is 0 Å². The summed E-state index contributed by atoms with van der Waals surface area (Å²) in [5.74, 6) is 1.25. The second kappa shape index (κ2) is 9.07. The highest BCUT2D eigenvalue weighted by Crippen LogP contribution is 2.36. The Labute approximate surface area is 163 Å². The van der Waals surface area contributed by atoms with Crippen molar-refractivity contribution in [2.75, 3.05) is 53.5 Å². The molecule has 8 heteroatoms. The molecule has 0 saturated carbocycles. The average molecular weight is 435 g/mol. The standard InChI is InChI=1S/C17H24BrN3O3.ClH/c1-23-14-9-12(10-15(24-2)16(14)18)17(22)21-6-3-13(11-21)20-7-4-19-5-8-20;/h9-10,13,19H,3-8,11H2,1-2H3;1H. The molecule has 2 aliphatic heterocycles. The maximum absolute atomic E-state index is 12.9. The van der Waals surface area contributed by atoms with Crippen molar-refractivity contribution in [1.82, 2.24) is 15.1 Å². The highest BCUT2D eigenvalue weighted by Gasteiger charge is 2.31. The second-order valence-corrected chi connectivity index (χ2v) is 6.97. The largest absolute Gasteiger partial charge is 0.495 e. The second-order valence-electron chi connectivity index (χ2n) is 6.17. The molecule has 1 aromatic rings. The zero-order chi connectivity index (χ0) is 17.1. The van der Waals surface area contributed by atoms with Gasteiger partial charge >= 0.3 is 0 Å². The van der Waals surface area contributed by atoms with Gasteiger partial charge in [0.25, 0.3) is 5.91 Å². The summed E-state index contributed by atoms with van der Waals surface area (Å²) in [4.78, 5) is 17.3. The number of carbonyl (C=O) groups is 1. The number of carbonyl (C=O) groups excluding carboxylic acids is 1. The van der Waals surface area contributed by atoms with Crippen LogP contribution in [0.15, 0.2) is 16.6 Å². The topological polar surface area (TPSA) is 54.0 Å². The van der Waals surface area contributed by atoms with E-state index in [2.05, 4.69) is 26.1 Å². The van der Waals surface area contributed by atoms with Crippen LogP contribution >= 0.6 is 28.3 Å². The smallest absolute Gasteiger partial charge is 0.254 e. The molecular formula is C17H25BrClN3O3. The van der Waals surface area contributed by atoms with E-state index in [4.69, 9.17) is 9.47 Å². The zero-order valence-electron chi connectivity index (χ0n) is 14.6. The van der Waals surface area contributed by atoms with Crippen molar-refractivity contribution in [3.63, 3.8) is 0 Å². The van der Waals surface area contributed by atoms with Crippen molar-refractivity contribution in [2.24, 2.45) is 0 Å². The van der Waals surface area contributed by atoms with Gasteiger partial charge in [-0.25, -0.2) is 0 Å². The van der Waals surface area contributed by atoms with E-state index in [0.717, 1.165) is 50.2 Å². The van der Waals surface area contributed by atoms with Crippen LogP contribution in [-0.4, -0.2) is 75.2 Å². The number of ether oxygens (including phenoxy) is 2. The first-order valence-electron chi connectivity index (χ1n) is 8.29. The maximum Gasteiger partial charge on any atom is 0.254 e. The van der Waals surface area contributed by atoms with E-state index in [0.29, 0.717) is 23.1 Å². The minimum absolute atomic E-state index is 0. The molecule has 1 N–H and O–H groups in total. The molecular weight excluding hydrogens is 410 g/mol. The SMILES string of the molecule is COc1cc(C(=O)N2CCC(N3CCNCC3)C2)cc(OC)c1Br.Cl. The first-order chi connectivity index (χ1) is 11.6. The van der Waals surface area contributed by atoms with Gasteiger partial charge in [-0.3, -0.25) is 9.69 Å². The molecule has 0 radical (unpaired) electrons. The van der Waals surface area contributed by atoms with Crippen molar-refractivity contribution >= 4 is 34.2 Å². The molecule has 1 atom stereocenters. The minimum Gasteiger partial charge on any atom is -0.495 e. The van der Waals surface area contributed by atoms with E-state index in [1.807, 2.05) is 4.90 Å². The summed E-state index contributed by atoms with van der Waals surface area (Å²) in [5.41, 5.74) is 0.605. The lowest BCUT2D eigenvalue weighted by molar-refractivity contribution is 0.0772. The van der Waals surface area contributed by atoms with E-state index in [1.165, 1.54) is 0 Å². The van der Waals surface area contributed by atoms with Crippen molar-refractivity contribution in [3.05, 3.63) is 22.2 Å². The number of hydrogen-bond acceptors (Lipinski definition) is 5. The normalized spacial score (nSPS) is 20.9. The van der Waals surface area contributed by atoms with Crippen LogP contribution in [0.3, 0.4) is 0 Å². The Bertz CT molecular complexity index is 586. The first-order valence-corrected chi connectivity index (χ1v) is 9.09. The number of amides is 1. The number of likely N-dealkylation sites (tertiary alicyclic amines) is 1. The van der Waals surface area contributed by atoms with Crippen LogP contribution in [0, 0.1) is 0 Å². The third kappa shape index (κ3) is 4.39. The summed E-state index contributed by atoms with van der Waals surface area (Å²) in [7, 11) is 3.17. The fraction of sp³-hybridized carbons (Fsp3) is 0.588. The van der Waals surface area contributed by atoms with Gasteiger partial charge in [-0.05, 0) is 34.5 Å². The summed E-state index contributed by atoms with van der Waals surface area (Å²) in [6, 6.07) is 4.01. The van der Waals surface area contributed by atoms with Crippen LogP contribution in [0.5, 0.6) is 11.5 Å². The van der Waals surface area contributed by atoms with Gasteiger partial charge < -0.3 is 19.7 Å². The third-order valence-electron chi connectivity index (χ3n) is 4.81. The molecule has 25 heavy (non-hydrogen) atoms. The lowest BCUT2D eigenvalue weighted by atomic mass is 10.1. The van der Waals surface area contributed by atoms with Gasteiger partial charge in [-0.1, -0.05) is 0 Å². The summed E-state index contributed by atoms with van der Waals surface area (Å²) < 4.78 is 11.4. The Morgan fingerprint density at radius 1 is 1.16 bits per heavy atom. The van der Waals surface area contributed by atoms with Crippen LogP contribution < -0.4 is 14.8 Å². The number of nitrogens with zero attached hydrogens (tertiary/aromatic N) is 2. The third-order valence-corrected chi connectivity index (χ3v) is 5.59. The Morgan fingerprint density at radius 3 is 2.32 bits per heavy atom. The monoisotopic (exact) mass is 433 g/mol. The predicted molar refractivity (Wildman–Crippen MR) is 103 cm³/mol. The molecule has 3 rings (SSSR count). The fourth-order valence-corrected chi connectivity index (χ4v) is 4.00. The number of methoxy groups -OCH3 is 2. The minimum atomic E-state index is 0. The Morgan fingerprint density at radius 2 is 1.76 bits per heavy atom. The number of benzene rings is 1. The lowest BCUT2D eigenvalue weighted by Gasteiger charge is -2.32. The summed E-state index contributed by atoms with van der Waals surface area (Å²) >= 11 is 3.44. The van der Waals surface area contributed by atoms with Crippen molar-refractivity contribution in [3.8, 4) is 11.5 Å². The molecule has 1 aromatic carbocycles. The molecule has 0 aromatic heterocycles.